The van der Waals surface area contributed by atoms with Gasteiger partial charge in [-0.25, -0.2) is 18.2 Å². The van der Waals surface area contributed by atoms with Crippen molar-refractivity contribution in [3.63, 3.8) is 0 Å². The Hall–Kier alpha value is -2.90. The van der Waals surface area contributed by atoms with Crippen molar-refractivity contribution in [1.82, 2.24) is 4.98 Å². The van der Waals surface area contributed by atoms with Crippen molar-refractivity contribution in [2.45, 2.75) is 18.2 Å². The van der Waals surface area contributed by atoms with Gasteiger partial charge >= 0.3 is 6.03 Å². The van der Waals surface area contributed by atoms with Crippen molar-refractivity contribution in [1.29, 1.82) is 0 Å². The van der Waals surface area contributed by atoms with Gasteiger partial charge in [0.2, 0.25) is 0 Å². The van der Waals surface area contributed by atoms with E-state index in [0.29, 0.717) is 17.7 Å². The zero-order valence-corrected chi connectivity index (χ0v) is 17.3. The summed E-state index contributed by atoms with van der Waals surface area (Å²) in [6.07, 6.45) is 0.506. The zero-order valence-electron chi connectivity index (χ0n) is 15.7. The molecule has 1 heterocycles. The van der Waals surface area contributed by atoms with Crippen LogP contribution in [-0.2, 0) is 9.84 Å². The molecule has 0 radical (unpaired) electrons. The highest BCUT2D eigenvalue weighted by Gasteiger charge is 2.17. The molecule has 0 aliphatic carbocycles. The fraction of sp³-hybridized carbons (Fsp3) is 0.143. The second-order valence-electron chi connectivity index (χ2n) is 6.32. The highest BCUT2D eigenvalue weighted by molar-refractivity contribution is 7.91. The van der Waals surface area contributed by atoms with Crippen LogP contribution in [0.25, 0.3) is 11.1 Å². The van der Waals surface area contributed by atoms with Crippen LogP contribution in [0.5, 0.6) is 0 Å². The van der Waals surface area contributed by atoms with Gasteiger partial charge in [-0.05, 0) is 36.2 Å². The van der Waals surface area contributed by atoms with Gasteiger partial charge in [0.25, 0.3) is 0 Å². The highest BCUT2D eigenvalue weighted by Crippen LogP contribution is 2.31. The predicted molar refractivity (Wildman–Crippen MR) is 116 cm³/mol. The molecule has 0 unspecified atom stereocenters. The summed E-state index contributed by atoms with van der Waals surface area (Å²) in [4.78, 5) is 16.7. The number of amides is 2. The molecule has 3 aromatic rings. The Morgan fingerprint density at radius 2 is 1.76 bits per heavy atom. The number of pyridine rings is 1. The fourth-order valence-electron chi connectivity index (χ4n) is 2.82. The van der Waals surface area contributed by atoms with Gasteiger partial charge in [-0.15, -0.1) is 0 Å². The maximum atomic E-state index is 12.5. The predicted octanol–water partition coefficient (Wildman–Crippen LogP) is 5.23. The number of nitrogens with one attached hydrogen (secondary N) is 2. The molecule has 1 aromatic heterocycles. The Morgan fingerprint density at radius 1 is 1.00 bits per heavy atom. The van der Waals surface area contributed by atoms with E-state index in [1.807, 2.05) is 30.3 Å². The number of anilines is 2. The molecule has 150 valence electrons. The molecule has 0 saturated carbocycles. The Labute approximate surface area is 174 Å². The van der Waals surface area contributed by atoms with E-state index in [-0.39, 0.29) is 21.6 Å². The molecule has 2 aromatic carbocycles. The standard InChI is InChI=1S/C21H20ClN3O3S/c1-2-13-29(27,28)16-11-12-17(15-7-4-3-5-8-15)18(14-16)23-21(26)25-20-10-6-9-19(22)24-20/h3-12,14H,2,13H2,1H3,(H2,23,24,25,26). The molecule has 0 fully saturated rings. The Bertz CT molecular complexity index is 1120. The number of nitrogens with zero attached hydrogens (tertiary/aromatic N) is 1. The Morgan fingerprint density at radius 3 is 2.45 bits per heavy atom. The molecule has 3 rings (SSSR count). The topological polar surface area (TPSA) is 88.2 Å². The summed E-state index contributed by atoms with van der Waals surface area (Å²) in [7, 11) is -3.43. The molecule has 0 aliphatic rings. The van der Waals surface area contributed by atoms with Crippen LogP contribution in [0, 0.1) is 0 Å². The first-order valence-electron chi connectivity index (χ1n) is 9.02. The molecule has 0 aliphatic heterocycles. The minimum Gasteiger partial charge on any atom is -0.307 e. The van der Waals surface area contributed by atoms with Crippen molar-refractivity contribution in [2.24, 2.45) is 0 Å². The van der Waals surface area contributed by atoms with Gasteiger partial charge in [0.15, 0.2) is 9.84 Å². The van der Waals surface area contributed by atoms with Crippen molar-refractivity contribution >= 4 is 39.0 Å². The van der Waals surface area contributed by atoms with E-state index < -0.39 is 15.9 Å². The van der Waals surface area contributed by atoms with Gasteiger partial charge in [-0.3, -0.25) is 5.32 Å². The van der Waals surface area contributed by atoms with Crippen molar-refractivity contribution < 1.29 is 13.2 Å². The summed E-state index contributed by atoms with van der Waals surface area (Å²) in [5.41, 5.74) is 1.94. The largest absolute Gasteiger partial charge is 0.324 e. The highest BCUT2D eigenvalue weighted by atomic mass is 35.5. The van der Waals surface area contributed by atoms with Crippen molar-refractivity contribution in [3.8, 4) is 11.1 Å². The van der Waals surface area contributed by atoms with Crippen LogP contribution < -0.4 is 10.6 Å². The minimum absolute atomic E-state index is 0.0375. The number of benzene rings is 2. The number of aromatic nitrogens is 1. The van der Waals surface area contributed by atoms with E-state index >= 15 is 0 Å². The van der Waals surface area contributed by atoms with Crippen molar-refractivity contribution in [2.75, 3.05) is 16.4 Å². The molecule has 2 amide bonds. The molecule has 0 spiro atoms. The summed E-state index contributed by atoms with van der Waals surface area (Å²) in [5, 5.41) is 5.58. The average molecular weight is 430 g/mol. The average Bonchev–Trinajstić information content (AvgIpc) is 2.68. The lowest BCUT2D eigenvalue weighted by Gasteiger charge is -2.14. The molecular weight excluding hydrogens is 410 g/mol. The molecule has 2 N–H and O–H groups in total. The van der Waals surface area contributed by atoms with E-state index in [4.69, 9.17) is 11.6 Å². The summed E-state index contributed by atoms with van der Waals surface area (Å²) in [6, 6.07) is 18.5. The monoisotopic (exact) mass is 429 g/mol. The maximum Gasteiger partial charge on any atom is 0.324 e. The second-order valence-corrected chi connectivity index (χ2v) is 8.81. The van der Waals surface area contributed by atoms with Crippen LogP contribution >= 0.6 is 11.6 Å². The molecule has 0 bridgehead atoms. The molecule has 6 nitrogen and oxygen atoms in total. The lowest BCUT2D eigenvalue weighted by molar-refractivity contribution is 0.262. The number of urea groups is 1. The number of sulfone groups is 1. The molecule has 29 heavy (non-hydrogen) atoms. The van der Waals surface area contributed by atoms with Crippen LogP contribution in [-0.4, -0.2) is 25.2 Å². The number of carbonyl (C=O) groups excluding carboxylic acids is 1. The van der Waals surface area contributed by atoms with Gasteiger partial charge in [-0.1, -0.05) is 61.0 Å². The first-order chi connectivity index (χ1) is 13.9. The first kappa shape index (κ1) is 20.8. The SMILES string of the molecule is CCCS(=O)(=O)c1ccc(-c2ccccc2)c(NC(=O)Nc2cccc(Cl)n2)c1. The molecular formula is C21H20ClN3O3S. The third-order valence-electron chi connectivity index (χ3n) is 4.11. The quantitative estimate of drug-likeness (QED) is 0.525. The number of carbonyl (C=O) groups is 1. The van der Waals surface area contributed by atoms with Crippen LogP contribution in [0.2, 0.25) is 5.15 Å². The van der Waals surface area contributed by atoms with E-state index in [9.17, 15) is 13.2 Å². The van der Waals surface area contributed by atoms with Crippen LogP contribution in [0.1, 0.15) is 13.3 Å². The number of rotatable bonds is 6. The molecule has 0 saturated heterocycles. The molecule has 8 heteroatoms. The van der Waals surface area contributed by atoms with Gasteiger partial charge in [0.05, 0.1) is 16.3 Å². The summed E-state index contributed by atoms with van der Waals surface area (Å²) in [6.45, 7) is 1.81. The van der Waals surface area contributed by atoms with Gasteiger partial charge in [0, 0.05) is 5.56 Å². The Balaban J connectivity index is 1.96. The summed E-state index contributed by atoms with van der Waals surface area (Å²) >= 11 is 5.84. The lowest BCUT2D eigenvalue weighted by atomic mass is 10.0. The summed E-state index contributed by atoms with van der Waals surface area (Å²) < 4.78 is 25.0. The first-order valence-corrected chi connectivity index (χ1v) is 11.0. The molecule has 0 atom stereocenters. The normalized spacial score (nSPS) is 11.1. The Kier molecular flexibility index (Phi) is 6.51. The van der Waals surface area contributed by atoms with Crippen LogP contribution in [0.15, 0.2) is 71.6 Å². The van der Waals surface area contributed by atoms with Gasteiger partial charge in [0.1, 0.15) is 11.0 Å². The van der Waals surface area contributed by atoms with Gasteiger partial charge in [-0.2, -0.15) is 0 Å². The third kappa shape index (κ3) is 5.34. The zero-order chi connectivity index (χ0) is 20.9. The smallest absolute Gasteiger partial charge is 0.307 e. The van der Waals surface area contributed by atoms with Crippen LogP contribution in [0.3, 0.4) is 0 Å². The fourth-order valence-corrected chi connectivity index (χ4v) is 4.33. The number of hydrogen-bond donors (Lipinski definition) is 2. The number of halogens is 1. The van der Waals surface area contributed by atoms with E-state index in [0.717, 1.165) is 5.56 Å². The van der Waals surface area contributed by atoms with Crippen LogP contribution in [0.4, 0.5) is 16.3 Å². The van der Waals surface area contributed by atoms with E-state index in [1.54, 1.807) is 37.3 Å². The minimum atomic E-state index is -3.43. The summed E-state index contributed by atoms with van der Waals surface area (Å²) in [5.74, 6) is 0.321. The number of hydrogen-bond acceptors (Lipinski definition) is 4. The third-order valence-corrected chi connectivity index (χ3v) is 6.24. The van der Waals surface area contributed by atoms with Crippen molar-refractivity contribution in [3.05, 3.63) is 71.9 Å². The lowest BCUT2D eigenvalue weighted by Crippen LogP contribution is -2.21. The van der Waals surface area contributed by atoms with Gasteiger partial charge < -0.3 is 5.32 Å². The second kappa shape index (κ2) is 9.07. The maximum absolute atomic E-state index is 12.5. The van der Waals surface area contributed by atoms with E-state index in [2.05, 4.69) is 15.6 Å². The van der Waals surface area contributed by atoms with E-state index in [1.165, 1.54) is 6.07 Å².